The molecular weight excluding hydrogens is 348 g/mol. The van der Waals surface area contributed by atoms with E-state index < -0.39 is 5.97 Å². The number of aromatic hydroxyl groups is 1. The summed E-state index contributed by atoms with van der Waals surface area (Å²) in [6.07, 6.45) is 5.87. The minimum Gasteiger partial charge on any atom is -0.507 e. The van der Waals surface area contributed by atoms with Gasteiger partial charge in [0.15, 0.2) is 0 Å². The van der Waals surface area contributed by atoms with E-state index in [0.29, 0.717) is 29.3 Å². The van der Waals surface area contributed by atoms with Crippen molar-refractivity contribution < 1.29 is 19.8 Å². The maximum Gasteiger partial charge on any atom is 0.304 e. The van der Waals surface area contributed by atoms with Crippen LogP contribution in [0.3, 0.4) is 0 Å². The number of aliphatic carboxylic acids is 1. The molecule has 0 heterocycles. The van der Waals surface area contributed by atoms with Crippen LogP contribution in [0.2, 0.25) is 0 Å². The van der Waals surface area contributed by atoms with Crippen LogP contribution in [0.4, 0.5) is 0 Å². The zero-order valence-electron chi connectivity index (χ0n) is 15.2. The number of hydrogen-bond donors (Lipinski definition) is 2. The number of thioether (sulfide) groups is 1. The van der Waals surface area contributed by atoms with Gasteiger partial charge in [-0.15, -0.1) is 11.8 Å². The lowest BCUT2D eigenvalue weighted by atomic mass is 9.55. The van der Waals surface area contributed by atoms with Gasteiger partial charge in [0.1, 0.15) is 11.5 Å². The number of carbonyl (C=O) groups excluding carboxylic acids is 1. The summed E-state index contributed by atoms with van der Waals surface area (Å²) in [5.41, 5.74) is 2.43. The van der Waals surface area contributed by atoms with Crippen LogP contribution in [-0.2, 0) is 16.0 Å². The molecule has 2 fully saturated rings. The maximum absolute atomic E-state index is 12.4. The Balaban J connectivity index is 1.63. The molecule has 5 heteroatoms. The molecule has 3 aliphatic carbocycles. The van der Waals surface area contributed by atoms with E-state index in [9.17, 15) is 14.7 Å². The van der Waals surface area contributed by atoms with Crippen LogP contribution in [0, 0.1) is 17.3 Å². The second kappa shape index (κ2) is 6.59. The Morgan fingerprint density at radius 2 is 2.08 bits per heavy atom. The highest BCUT2D eigenvalue weighted by atomic mass is 32.2. The van der Waals surface area contributed by atoms with Crippen LogP contribution < -0.4 is 0 Å². The van der Waals surface area contributed by atoms with Gasteiger partial charge in [-0.3, -0.25) is 9.59 Å². The van der Waals surface area contributed by atoms with E-state index in [-0.39, 0.29) is 17.6 Å². The third-order valence-corrected chi connectivity index (χ3v) is 8.26. The van der Waals surface area contributed by atoms with E-state index in [1.165, 1.54) is 22.9 Å². The number of benzene rings is 1. The van der Waals surface area contributed by atoms with Gasteiger partial charge >= 0.3 is 5.97 Å². The molecule has 4 unspecified atom stereocenters. The molecule has 0 aliphatic heterocycles. The zero-order valence-corrected chi connectivity index (χ0v) is 16.0. The third-order valence-electron chi connectivity index (χ3n) is 7.11. The molecule has 1 aromatic rings. The number of phenols is 1. The SMILES string of the molecule is CC12CCC3c4ccc(O)c(SCCC(=O)O)c4CCC3C1CCC2=O. The molecule has 0 amide bonds. The standard InChI is InChI=1S/C21H26O4S/c1-21-10-8-13-12-4-6-17(22)20(26-11-9-19(24)25)15(12)3-2-14(13)16(21)5-7-18(21)23/h4,6,13-14,16,22H,2-3,5,7-11H2,1H3,(H,24,25). The lowest BCUT2D eigenvalue weighted by Gasteiger charge is -2.48. The predicted molar refractivity (Wildman–Crippen MR) is 101 cm³/mol. The number of phenolic OH excluding ortho intramolecular Hbond substituents is 1. The van der Waals surface area contributed by atoms with Crippen molar-refractivity contribution in [3.63, 3.8) is 0 Å². The summed E-state index contributed by atoms with van der Waals surface area (Å²) in [6, 6.07) is 3.85. The zero-order chi connectivity index (χ0) is 18.5. The summed E-state index contributed by atoms with van der Waals surface area (Å²) in [7, 11) is 0. The van der Waals surface area contributed by atoms with Crippen LogP contribution in [-0.4, -0.2) is 27.7 Å². The van der Waals surface area contributed by atoms with Gasteiger partial charge in [0.25, 0.3) is 0 Å². The minimum atomic E-state index is -0.806. The Morgan fingerprint density at radius 3 is 2.85 bits per heavy atom. The molecule has 2 saturated carbocycles. The Bertz CT molecular complexity index is 759. The van der Waals surface area contributed by atoms with Gasteiger partial charge < -0.3 is 10.2 Å². The van der Waals surface area contributed by atoms with Crippen molar-refractivity contribution >= 4 is 23.5 Å². The fraction of sp³-hybridized carbons (Fsp3) is 0.619. The van der Waals surface area contributed by atoms with E-state index >= 15 is 0 Å². The topological polar surface area (TPSA) is 74.6 Å². The van der Waals surface area contributed by atoms with Crippen LogP contribution in [0.1, 0.15) is 62.5 Å². The molecule has 3 aliphatic rings. The molecular formula is C21H26O4S. The highest BCUT2D eigenvalue weighted by Gasteiger charge is 2.54. The molecule has 4 nitrogen and oxygen atoms in total. The average Bonchev–Trinajstić information content (AvgIpc) is 2.91. The Labute approximate surface area is 158 Å². The van der Waals surface area contributed by atoms with Crippen molar-refractivity contribution in [2.75, 3.05) is 5.75 Å². The van der Waals surface area contributed by atoms with Crippen molar-refractivity contribution in [1.82, 2.24) is 0 Å². The van der Waals surface area contributed by atoms with Gasteiger partial charge in [0.05, 0.1) is 11.3 Å². The monoisotopic (exact) mass is 374 g/mol. The van der Waals surface area contributed by atoms with Gasteiger partial charge in [-0.25, -0.2) is 0 Å². The van der Waals surface area contributed by atoms with Gasteiger partial charge in [0.2, 0.25) is 0 Å². The predicted octanol–water partition coefficient (Wildman–Crippen LogP) is 4.38. The molecule has 0 bridgehead atoms. The first-order valence-corrected chi connectivity index (χ1v) is 10.6. The van der Waals surface area contributed by atoms with Crippen molar-refractivity contribution in [1.29, 1.82) is 0 Å². The van der Waals surface area contributed by atoms with Gasteiger partial charge in [-0.2, -0.15) is 0 Å². The summed E-state index contributed by atoms with van der Waals surface area (Å²) in [4.78, 5) is 24.1. The summed E-state index contributed by atoms with van der Waals surface area (Å²) in [5.74, 6) is 1.94. The summed E-state index contributed by atoms with van der Waals surface area (Å²) in [5, 5.41) is 19.2. The summed E-state index contributed by atoms with van der Waals surface area (Å²) in [6.45, 7) is 2.18. The summed E-state index contributed by atoms with van der Waals surface area (Å²) < 4.78 is 0. The normalized spacial score (nSPS) is 32.7. The highest BCUT2D eigenvalue weighted by Crippen LogP contribution is 2.60. The summed E-state index contributed by atoms with van der Waals surface area (Å²) >= 11 is 1.46. The van der Waals surface area contributed by atoms with E-state index in [2.05, 4.69) is 13.0 Å². The first-order valence-electron chi connectivity index (χ1n) is 9.64. The molecule has 0 saturated heterocycles. The molecule has 2 N–H and O–H groups in total. The van der Waals surface area contributed by atoms with Crippen LogP contribution in [0.15, 0.2) is 17.0 Å². The van der Waals surface area contributed by atoms with Crippen molar-refractivity contribution in [2.24, 2.45) is 17.3 Å². The van der Waals surface area contributed by atoms with E-state index in [1.807, 2.05) is 0 Å². The lowest BCUT2D eigenvalue weighted by molar-refractivity contribution is -0.136. The van der Waals surface area contributed by atoms with Crippen LogP contribution in [0.25, 0.3) is 0 Å². The number of carboxylic acid groups (broad SMARTS) is 1. The fourth-order valence-electron chi connectivity index (χ4n) is 5.80. The van der Waals surface area contributed by atoms with E-state index in [1.54, 1.807) is 6.07 Å². The average molecular weight is 375 g/mol. The highest BCUT2D eigenvalue weighted by molar-refractivity contribution is 7.99. The number of carboxylic acids is 1. The molecule has 140 valence electrons. The maximum atomic E-state index is 12.4. The quantitative estimate of drug-likeness (QED) is 0.765. The van der Waals surface area contributed by atoms with Crippen molar-refractivity contribution in [3.8, 4) is 5.75 Å². The van der Waals surface area contributed by atoms with Crippen LogP contribution in [0.5, 0.6) is 5.75 Å². The van der Waals surface area contributed by atoms with Gasteiger partial charge in [-0.05, 0) is 67.1 Å². The smallest absolute Gasteiger partial charge is 0.304 e. The Hall–Kier alpha value is -1.49. The van der Waals surface area contributed by atoms with E-state index in [0.717, 1.165) is 43.4 Å². The number of fused-ring (bicyclic) bond motifs is 5. The first-order chi connectivity index (χ1) is 12.4. The molecule has 4 atom stereocenters. The van der Waals surface area contributed by atoms with E-state index in [4.69, 9.17) is 5.11 Å². The Kier molecular flexibility index (Phi) is 4.54. The number of Topliss-reactive ketones (excluding diaryl/α,β-unsaturated/α-hetero) is 1. The molecule has 1 aromatic carbocycles. The Morgan fingerprint density at radius 1 is 1.27 bits per heavy atom. The number of ketones is 1. The number of hydrogen-bond acceptors (Lipinski definition) is 4. The lowest BCUT2D eigenvalue weighted by Crippen LogP contribution is -2.42. The van der Waals surface area contributed by atoms with Gasteiger partial charge in [0, 0.05) is 17.6 Å². The number of rotatable bonds is 4. The molecule has 0 aromatic heterocycles. The largest absolute Gasteiger partial charge is 0.507 e. The van der Waals surface area contributed by atoms with Crippen LogP contribution >= 0.6 is 11.8 Å². The van der Waals surface area contributed by atoms with Crippen molar-refractivity contribution in [2.45, 2.75) is 62.7 Å². The van der Waals surface area contributed by atoms with Gasteiger partial charge in [-0.1, -0.05) is 13.0 Å². The molecule has 4 rings (SSSR count). The molecule has 0 radical (unpaired) electrons. The van der Waals surface area contributed by atoms with Crippen molar-refractivity contribution in [3.05, 3.63) is 23.3 Å². The second-order valence-electron chi connectivity index (χ2n) is 8.31. The number of carbonyl (C=O) groups is 2. The molecule has 26 heavy (non-hydrogen) atoms. The third kappa shape index (κ3) is 2.75. The second-order valence-corrected chi connectivity index (χ2v) is 9.41. The minimum absolute atomic E-state index is 0.0996. The fourth-order valence-corrected chi connectivity index (χ4v) is 6.89. The first kappa shape index (κ1) is 17.9. The molecule has 0 spiro atoms.